The van der Waals surface area contributed by atoms with Crippen molar-refractivity contribution in [3.05, 3.63) is 0 Å². The molecule has 0 aromatic heterocycles. The summed E-state index contributed by atoms with van der Waals surface area (Å²) in [6, 6.07) is 0.277. The molecule has 4 N–H and O–H groups in total. The summed E-state index contributed by atoms with van der Waals surface area (Å²) < 4.78 is 5.47. The average Bonchev–Trinajstić information content (AvgIpc) is 2.37. The summed E-state index contributed by atoms with van der Waals surface area (Å²) >= 11 is 0. The van der Waals surface area contributed by atoms with Crippen molar-refractivity contribution in [2.24, 2.45) is 11.7 Å². The Bertz CT molecular complexity index is 225. The zero-order valence-electron chi connectivity index (χ0n) is 11.4. The molecule has 1 aliphatic rings. The maximum absolute atomic E-state index is 9.19. The van der Waals surface area contributed by atoms with E-state index in [1.807, 2.05) is 0 Å². The normalized spacial score (nSPS) is 33.4. The van der Waals surface area contributed by atoms with Crippen molar-refractivity contribution in [3.63, 3.8) is 0 Å². The summed E-state index contributed by atoms with van der Waals surface area (Å²) in [4.78, 5) is 0. The zero-order chi connectivity index (χ0) is 12.9. The third-order valence-electron chi connectivity index (χ3n) is 4.20. The molecule has 0 aromatic carbocycles. The molecule has 0 amide bonds. The third-order valence-corrected chi connectivity index (χ3v) is 4.20. The highest BCUT2D eigenvalue weighted by Gasteiger charge is 2.36. The molecule has 0 bridgehead atoms. The number of methoxy groups -OCH3 is 1. The minimum Gasteiger partial charge on any atom is -0.396 e. The van der Waals surface area contributed by atoms with Crippen molar-refractivity contribution in [1.82, 2.24) is 5.32 Å². The van der Waals surface area contributed by atoms with E-state index in [2.05, 4.69) is 19.2 Å². The van der Waals surface area contributed by atoms with Crippen molar-refractivity contribution in [2.75, 3.05) is 20.3 Å². The van der Waals surface area contributed by atoms with Gasteiger partial charge >= 0.3 is 0 Å². The maximum atomic E-state index is 9.19. The molecule has 1 fully saturated rings. The molecule has 0 aromatic rings. The van der Waals surface area contributed by atoms with E-state index >= 15 is 0 Å². The topological polar surface area (TPSA) is 67.5 Å². The number of aliphatic hydroxyl groups excluding tert-OH is 1. The fourth-order valence-corrected chi connectivity index (χ4v) is 2.67. The van der Waals surface area contributed by atoms with E-state index in [0.29, 0.717) is 12.6 Å². The molecule has 0 aliphatic heterocycles. The van der Waals surface area contributed by atoms with Crippen molar-refractivity contribution in [3.8, 4) is 0 Å². The molecule has 102 valence electrons. The second-order valence-corrected chi connectivity index (χ2v) is 5.53. The second-order valence-electron chi connectivity index (χ2n) is 5.53. The third kappa shape index (κ3) is 3.91. The van der Waals surface area contributed by atoms with Gasteiger partial charge in [-0.15, -0.1) is 0 Å². The van der Waals surface area contributed by atoms with Crippen molar-refractivity contribution in [2.45, 2.75) is 57.2 Å². The summed E-state index contributed by atoms with van der Waals surface area (Å²) in [5.74, 6) is 0.251. The summed E-state index contributed by atoms with van der Waals surface area (Å²) in [7, 11) is 1.77. The number of hydrogen-bond donors (Lipinski definition) is 3. The minimum absolute atomic E-state index is 0.0121. The fraction of sp³-hybridized carbons (Fsp3) is 1.00. The SMILES string of the molecule is COC1CCCC(CN)(NC(C)C(C)CO)C1. The van der Waals surface area contributed by atoms with Crippen LogP contribution in [0.1, 0.15) is 39.5 Å². The fourth-order valence-electron chi connectivity index (χ4n) is 2.67. The van der Waals surface area contributed by atoms with Gasteiger partial charge in [0.25, 0.3) is 0 Å². The first-order valence-electron chi connectivity index (χ1n) is 6.68. The number of hydrogen-bond acceptors (Lipinski definition) is 4. The van der Waals surface area contributed by atoms with Crippen LogP contribution in [0.3, 0.4) is 0 Å². The minimum atomic E-state index is -0.0121. The maximum Gasteiger partial charge on any atom is 0.0589 e. The monoisotopic (exact) mass is 244 g/mol. The first-order valence-corrected chi connectivity index (χ1v) is 6.68. The molecule has 0 heterocycles. The largest absolute Gasteiger partial charge is 0.396 e. The summed E-state index contributed by atoms with van der Waals surface area (Å²) in [5.41, 5.74) is 5.95. The lowest BCUT2D eigenvalue weighted by atomic mass is 9.79. The standard InChI is InChI=1S/C13H28N2O2/c1-10(8-16)11(2)15-13(9-14)6-4-5-12(7-13)17-3/h10-12,15-16H,4-9,14H2,1-3H3. The predicted molar refractivity (Wildman–Crippen MR) is 69.9 cm³/mol. The first-order chi connectivity index (χ1) is 8.06. The molecule has 17 heavy (non-hydrogen) atoms. The quantitative estimate of drug-likeness (QED) is 0.649. The summed E-state index contributed by atoms with van der Waals surface area (Å²) in [6.45, 7) is 5.02. The van der Waals surface area contributed by atoms with Crippen molar-refractivity contribution in [1.29, 1.82) is 0 Å². The van der Waals surface area contributed by atoms with Gasteiger partial charge in [-0.1, -0.05) is 6.92 Å². The summed E-state index contributed by atoms with van der Waals surface area (Å²) in [5, 5.41) is 12.8. The van der Waals surface area contributed by atoms with Crippen LogP contribution >= 0.6 is 0 Å². The van der Waals surface area contributed by atoms with Gasteiger partial charge in [0.15, 0.2) is 0 Å². The number of ether oxygens (including phenoxy) is 1. The van der Waals surface area contributed by atoms with Gasteiger partial charge in [0.2, 0.25) is 0 Å². The molecular weight excluding hydrogens is 216 g/mol. The van der Waals surface area contributed by atoms with Gasteiger partial charge in [-0.2, -0.15) is 0 Å². The predicted octanol–water partition coefficient (Wildman–Crippen LogP) is 0.879. The van der Waals surface area contributed by atoms with Gasteiger partial charge in [-0.05, 0) is 38.5 Å². The van der Waals surface area contributed by atoms with Crippen LogP contribution < -0.4 is 11.1 Å². The lowest BCUT2D eigenvalue weighted by Gasteiger charge is -2.43. The molecule has 4 atom stereocenters. The Labute approximate surface area is 105 Å². The van der Waals surface area contributed by atoms with E-state index in [0.717, 1.165) is 25.7 Å². The molecular formula is C13H28N2O2. The van der Waals surface area contributed by atoms with E-state index in [-0.39, 0.29) is 24.1 Å². The Morgan fingerprint density at radius 3 is 2.76 bits per heavy atom. The van der Waals surface area contributed by atoms with Crippen molar-refractivity contribution < 1.29 is 9.84 Å². The Balaban J connectivity index is 2.61. The Hall–Kier alpha value is -0.160. The highest BCUT2D eigenvalue weighted by Crippen LogP contribution is 2.30. The molecule has 4 heteroatoms. The molecule has 0 saturated heterocycles. The van der Waals surface area contributed by atoms with E-state index in [1.54, 1.807) is 7.11 Å². The van der Waals surface area contributed by atoms with Crippen LogP contribution in [0.25, 0.3) is 0 Å². The van der Waals surface area contributed by atoms with Crippen LogP contribution in [0, 0.1) is 5.92 Å². The highest BCUT2D eigenvalue weighted by molar-refractivity contribution is 4.97. The van der Waals surface area contributed by atoms with E-state index < -0.39 is 0 Å². The van der Waals surface area contributed by atoms with Crippen LogP contribution in [-0.2, 0) is 4.74 Å². The molecule has 1 aliphatic carbocycles. The van der Waals surface area contributed by atoms with E-state index in [9.17, 15) is 5.11 Å². The van der Waals surface area contributed by atoms with Crippen LogP contribution in [0.2, 0.25) is 0 Å². The lowest BCUT2D eigenvalue weighted by Crippen LogP contribution is -2.59. The Kier molecular flexibility index (Phi) is 5.86. The van der Waals surface area contributed by atoms with Crippen LogP contribution in [0.4, 0.5) is 0 Å². The molecule has 4 unspecified atom stereocenters. The average molecular weight is 244 g/mol. The summed E-state index contributed by atoms with van der Waals surface area (Å²) in [6.07, 6.45) is 4.68. The first kappa shape index (κ1) is 14.9. The smallest absolute Gasteiger partial charge is 0.0589 e. The van der Waals surface area contributed by atoms with Gasteiger partial charge in [-0.3, -0.25) is 0 Å². The number of aliphatic hydroxyl groups is 1. The molecule has 1 saturated carbocycles. The van der Waals surface area contributed by atoms with Crippen LogP contribution in [0.15, 0.2) is 0 Å². The van der Waals surface area contributed by atoms with E-state index in [4.69, 9.17) is 10.5 Å². The Morgan fingerprint density at radius 2 is 2.24 bits per heavy atom. The second kappa shape index (κ2) is 6.69. The number of nitrogens with one attached hydrogen (secondary N) is 1. The molecule has 1 rings (SSSR count). The van der Waals surface area contributed by atoms with Gasteiger partial charge in [0.05, 0.1) is 6.10 Å². The van der Waals surface area contributed by atoms with E-state index in [1.165, 1.54) is 0 Å². The Morgan fingerprint density at radius 1 is 1.53 bits per heavy atom. The molecule has 0 spiro atoms. The number of nitrogens with two attached hydrogens (primary N) is 1. The van der Waals surface area contributed by atoms with Gasteiger partial charge < -0.3 is 20.9 Å². The number of rotatable bonds is 6. The molecule has 4 nitrogen and oxygen atoms in total. The van der Waals surface area contributed by atoms with Gasteiger partial charge in [0.1, 0.15) is 0 Å². The lowest BCUT2D eigenvalue weighted by molar-refractivity contribution is 0.0261. The van der Waals surface area contributed by atoms with Gasteiger partial charge in [-0.25, -0.2) is 0 Å². The van der Waals surface area contributed by atoms with Crippen LogP contribution in [0.5, 0.6) is 0 Å². The molecule has 0 radical (unpaired) electrons. The van der Waals surface area contributed by atoms with Gasteiger partial charge in [0, 0.05) is 31.8 Å². The zero-order valence-corrected chi connectivity index (χ0v) is 11.4. The highest BCUT2D eigenvalue weighted by atomic mass is 16.5. The van der Waals surface area contributed by atoms with Crippen molar-refractivity contribution >= 4 is 0 Å². The van der Waals surface area contributed by atoms with Crippen LogP contribution in [-0.4, -0.2) is 43.1 Å².